The first-order valence-electron chi connectivity index (χ1n) is 4.34. The largest absolute Gasteiger partial charge is 0.362 e. The molecular formula is C9H16N2S. The maximum atomic E-state index is 4.31. The molecule has 0 saturated carbocycles. The van der Waals surface area contributed by atoms with E-state index in [4.69, 9.17) is 0 Å². The minimum Gasteiger partial charge on any atom is -0.362 e. The summed E-state index contributed by atoms with van der Waals surface area (Å²) in [6, 6.07) is 0. The number of aryl methyl sites for hydroxylation is 1. The Morgan fingerprint density at radius 3 is 2.83 bits per heavy atom. The van der Waals surface area contributed by atoms with Gasteiger partial charge in [-0.05, 0) is 19.3 Å². The molecule has 0 saturated heterocycles. The van der Waals surface area contributed by atoms with Crippen LogP contribution in [0.2, 0.25) is 0 Å². The molecule has 0 atom stereocenters. The smallest absolute Gasteiger partial charge is 0.182 e. The summed E-state index contributed by atoms with van der Waals surface area (Å²) in [5.41, 5.74) is 1.10. The lowest BCUT2D eigenvalue weighted by atomic mass is 10.1. The molecule has 1 aromatic heterocycles. The van der Waals surface area contributed by atoms with Gasteiger partial charge < -0.3 is 5.32 Å². The molecule has 0 amide bonds. The number of aromatic nitrogens is 1. The van der Waals surface area contributed by atoms with E-state index in [0.717, 1.165) is 23.3 Å². The first kappa shape index (κ1) is 9.52. The van der Waals surface area contributed by atoms with E-state index in [9.17, 15) is 0 Å². The van der Waals surface area contributed by atoms with Crippen molar-refractivity contribution in [3.8, 4) is 0 Å². The van der Waals surface area contributed by atoms with E-state index >= 15 is 0 Å². The highest BCUT2D eigenvalue weighted by Gasteiger charge is 1.97. The SMILES string of the molecule is Cc1csc(NCCC(C)C)n1. The summed E-state index contributed by atoms with van der Waals surface area (Å²) in [5.74, 6) is 0.763. The first-order valence-corrected chi connectivity index (χ1v) is 5.22. The van der Waals surface area contributed by atoms with Crippen LogP contribution in [-0.2, 0) is 0 Å². The Morgan fingerprint density at radius 2 is 2.33 bits per heavy atom. The molecule has 0 bridgehead atoms. The Kier molecular flexibility index (Phi) is 3.53. The Hall–Kier alpha value is -0.570. The van der Waals surface area contributed by atoms with Crippen molar-refractivity contribution >= 4 is 16.5 Å². The molecule has 0 aliphatic heterocycles. The lowest BCUT2D eigenvalue weighted by Gasteiger charge is -2.04. The molecule has 0 radical (unpaired) electrons. The maximum absolute atomic E-state index is 4.31. The van der Waals surface area contributed by atoms with Crippen LogP contribution in [0, 0.1) is 12.8 Å². The Morgan fingerprint density at radius 1 is 1.58 bits per heavy atom. The van der Waals surface area contributed by atoms with Gasteiger partial charge in [-0.3, -0.25) is 0 Å². The van der Waals surface area contributed by atoms with E-state index < -0.39 is 0 Å². The van der Waals surface area contributed by atoms with Crippen LogP contribution in [0.15, 0.2) is 5.38 Å². The van der Waals surface area contributed by atoms with Gasteiger partial charge in [0.15, 0.2) is 5.13 Å². The number of rotatable bonds is 4. The van der Waals surface area contributed by atoms with Gasteiger partial charge in [-0.1, -0.05) is 13.8 Å². The van der Waals surface area contributed by atoms with Gasteiger partial charge in [-0.25, -0.2) is 4.98 Å². The van der Waals surface area contributed by atoms with Gasteiger partial charge in [0.25, 0.3) is 0 Å². The van der Waals surface area contributed by atoms with E-state index in [0.29, 0.717) is 0 Å². The third kappa shape index (κ3) is 3.22. The highest BCUT2D eigenvalue weighted by Crippen LogP contribution is 2.14. The van der Waals surface area contributed by atoms with Crippen molar-refractivity contribution < 1.29 is 0 Å². The molecule has 3 heteroatoms. The van der Waals surface area contributed by atoms with Crippen molar-refractivity contribution in [2.24, 2.45) is 5.92 Å². The maximum Gasteiger partial charge on any atom is 0.182 e. The van der Waals surface area contributed by atoms with Crippen molar-refractivity contribution in [2.75, 3.05) is 11.9 Å². The molecule has 2 nitrogen and oxygen atoms in total. The summed E-state index contributed by atoms with van der Waals surface area (Å²) < 4.78 is 0. The number of nitrogens with zero attached hydrogens (tertiary/aromatic N) is 1. The predicted molar refractivity (Wildman–Crippen MR) is 54.8 cm³/mol. The van der Waals surface area contributed by atoms with Gasteiger partial charge in [0.2, 0.25) is 0 Å². The molecule has 1 rings (SSSR count). The van der Waals surface area contributed by atoms with E-state index in [1.165, 1.54) is 6.42 Å². The molecule has 12 heavy (non-hydrogen) atoms. The number of hydrogen-bond donors (Lipinski definition) is 1. The molecule has 0 aliphatic rings. The summed E-state index contributed by atoms with van der Waals surface area (Å²) in [5, 5.41) is 6.42. The summed E-state index contributed by atoms with van der Waals surface area (Å²) in [6.07, 6.45) is 1.21. The predicted octanol–water partition coefficient (Wildman–Crippen LogP) is 2.91. The summed E-state index contributed by atoms with van der Waals surface area (Å²) in [7, 11) is 0. The summed E-state index contributed by atoms with van der Waals surface area (Å²) in [4.78, 5) is 4.31. The third-order valence-electron chi connectivity index (χ3n) is 1.62. The second-order valence-corrected chi connectivity index (χ2v) is 4.26. The lowest BCUT2D eigenvalue weighted by Crippen LogP contribution is -2.04. The van der Waals surface area contributed by atoms with Crippen molar-refractivity contribution in [1.29, 1.82) is 0 Å². The fraction of sp³-hybridized carbons (Fsp3) is 0.667. The monoisotopic (exact) mass is 184 g/mol. The number of nitrogens with one attached hydrogen (secondary N) is 1. The van der Waals surface area contributed by atoms with Crippen LogP contribution in [0.25, 0.3) is 0 Å². The highest BCUT2D eigenvalue weighted by atomic mass is 32.1. The zero-order valence-electron chi connectivity index (χ0n) is 7.92. The zero-order chi connectivity index (χ0) is 8.97. The van der Waals surface area contributed by atoms with Crippen LogP contribution < -0.4 is 5.32 Å². The van der Waals surface area contributed by atoms with Crippen LogP contribution in [0.1, 0.15) is 26.0 Å². The van der Waals surface area contributed by atoms with E-state index in [2.05, 4.69) is 29.5 Å². The van der Waals surface area contributed by atoms with Gasteiger partial charge in [0.1, 0.15) is 0 Å². The van der Waals surface area contributed by atoms with Gasteiger partial charge >= 0.3 is 0 Å². The fourth-order valence-electron chi connectivity index (χ4n) is 0.903. The van der Waals surface area contributed by atoms with Crippen molar-refractivity contribution in [3.63, 3.8) is 0 Å². The highest BCUT2D eigenvalue weighted by molar-refractivity contribution is 7.13. The van der Waals surface area contributed by atoms with Gasteiger partial charge in [0.05, 0.1) is 5.69 Å². The fourth-order valence-corrected chi connectivity index (χ4v) is 1.62. The molecule has 1 aromatic rings. The quantitative estimate of drug-likeness (QED) is 0.778. The van der Waals surface area contributed by atoms with E-state index in [1.807, 2.05) is 6.92 Å². The first-order chi connectivity index (χ1) is 5.68. The van der Waals surface area contributed by atoms with Crippen molar-refractivity contribution in [2.45, 2.75) is 27.2 Å². The standard InChI is InChI=1S/C9H16N2S/c1-7(2)4-5-10-9-11-8(3)6-12-9/h6-7H,4-5H2,1-3H3,(H,10,11). The van der Waals surface area contributed by atoms with Crippen molar-refractivity contribution in [3.05, 3.63) is 11.1 Å². The lowest BCUT2D eigenvalue weighted by molar-refractivity contribution is 0.607. The average Bonchev–Trinajstić information content (AvgIpc) is 2.35. The van der Waals surface area contributed by atoms with Gasteiger partial charge in [0, 0.05) is 11.9 Å². The van der Waals surface area contributed by atoms with Crippen molar-refractivity contribution in [1.82, 2.24) is 4.98 Å². The Balaban J connectivity index is 2.24. The molecule has 0 unspecified atom stereocenters. The van der Waals surface area contributed by atoms with Gasteiger partial charge in [-0.2, -0.15) is 0 Å². The van der Waals surface area contributed by atoms with E-state index in [1.54, 1.807) is 11.3 Å². The molecule has 0 fully saturated rings. The average molecular weight is 184 g/mol. The minimum atomic E-state index is 0.763. The van der Waals surface area contributed by atoms with Crippen LogP contribution in [0.4, 0.5) is 5.13 Å². The van der Waals surface area contributed by atoms with Crippen LogP contribution in [-0.4, -0.2) is 11.5 Å². The minimum absolute atomic E-state index is 0.763. The van der Waals surface area contributed by atoms with E-state index in [-0.39, 0.29) is 0 Å². The topological polar surface area (TPSA) is 24.9 Å². The summed E-state index contributed by atoms with van der Waals surface area (Å²) >= 11 is 1.68. The third-order valence-corrected chi connectivity index (χ3v) is 2.53. The molecular weight excluding hydrogens is 168 g/mol. The number of thiazole rings is 1. The van der Waals surface area contributed by atoms with Crippen LogP contribution in [0.3, 0.4) is 0 Å². The van der Waals surface area contributed by atoms with Gasteiger partial charge in [-0.15, -0.1) is 11.3 Å². The van der Waals surface area contributed by atoms with Crippen LogP contribution >= 0.6 is 11.3 Å². The molecule has 0 aromatic carbocycles. The summed E-state index contributed by atoms with van der Waals surface area (Å²) in [6.45, 7) is 7.51. The Labute approximate surface area is 78.0 Å². The number of anilines is 1. The number of hydrogen-bond acceptors (Lipinski definition) is 3. The molecule has 68 valence electrons. The molecule has 1 heterocycles. The van der Waals surface area contributed by atoms with Crippen LogP contribution in [0.5, 0.6) is 0 Å². The molecule has 0 aliphatic carbocycles. The Bertz CT molecular complexity index is 230. The zero-order valence-corrected chi connectivity index (χ0v) is 8.74. The molecule has 0 spiro atoms. The second-order valence-electron chi connectivity index (χ2n) is 3.40. The second kappa shape index (κ2) is 4.45. The normalized spacial score (nSPS) is 10.7. The molecule has 1 N–H and O–H groups in total.